The van der Waals surface area contributed by atoms with E-state index in [1.54, 1.807) is 24.3 Å². The Morgan fingerprint density at radius 2 is 2.12 bits per heavy atom. The number of amides is 1. The van der Waals surface area contributed by atoms with Crippen LogP contribution in [0.1, 0.15) is 10.4 Å². The van der Waals surface area contributed by atoms with Crippen molar-refractivity contribution in [1.29, 1.82) is 0 Å². The molecule has 0 unspecified atom stereocenters. The van der Waals surface area contributed by atoms with E-state index in [0.29, 0.717) is 5.69 Å². The molecule has 1 aromatic rings. The van der Waals surface area contributed by atoms with E-state index in [-0.39, 0.29) is 12.2 Å². The topological polar surface area (TPSA) is 64.6 Å². The predicted octanol–water partition coefficient (Wildman–Crippen LogP) is 2.21. The molecule has 0 heterocycles. The summed E-state index contributed by atoms with van der Waals surface area (Å²) in [5.74, 6) is -0.531. The molecule has 5 nitrogen and oxygen atoms in total. The fourth-order valence-corrected chi connectivity index (χ4v) is 1.14. The van der Waals surface area contributed by atoms with Crippen molar-refractivity contribution in [2.24, 2.45) is 0 Å². The summed E-state index contributed by atoms with van der Waals surface area (Å²) in [5.41, 5.74) is 0.605. The van der Waals surface area contributed by atoms with Crippen LogP contribution in [0, 0.1) is 0 Å². The average molecular weight is 235 g/mol. The lowest BCUT2D eigenvalue weighted by atomic mass is 10.2. The molecule has 0 spiro atoms. The Labute approximate surface area is 99.0 Å². The van der Waals surface area contributed by atoms with Crippen LogP contribution in [-0.2, 0) is 9.47 Å². The van der Waals surface area contributed by atoms with Crippen molar-refractivity contribution < 1.29 is 19.1 Å². The number of para-hydroxylation sites is 1. The summed E-state index contributed by atoms with van der Waals surface area (Å²) in [4.78, 5) is 22.7. The summed E-state index contributed by atoms with van der Waals surface area (Å²) >= 11 is 0. The van der Waals surface area contributed by atoms with E-state index < -0.39 is 12.1 Å². The lowest BCUT2D eigenvalue weighted by Gasteiger charge is -2.09. The summed E-state index contributed by atoms with van der Waals surface area (Å²) in [7, 11) is 1.24. The summed E-state index contributed by atoms with van der Waals surface area (Å²) in [6.45, 7) is 3.56. The smallest absolute Gasteiger partial charge is 0.411 e. The van der Waals surface area contributed by atoms with E-state index in [0.717, 1.165) is 0 Å². The average Bonchev–Trinajstić information content (AvgIpc) is 2.36. The van der Waals surface area contributed by atoms with Crippen LogP contribution in [0.2, 0.25) is 0 Å². The molecule has 0 aliphatic carbocycles. The maximum absolute atomic E-state index is 11.6. The fraction of sp³-hybridized carbons (Fsp3) is 0.167. The van der Waals surface area contributed by atoms with Crippen LogP contribution in [0.3, 0.4) is 0 Å². The largest absolute Gasteiger partial charge is 0.458 e. The Morgan fingerprint density at radius 1 is 1.41 bits per heavy atom. The summed E-state index contributed by atoms with van der Waals surface area (Å²) < 4.78 is 9.34. The van der Waals surface area contributed by atoms with E-state index in [2.05, 4.69) is 16.6 Å². The quantitative estimate of drug-likeness (QED) is 0.642. The molecule has 90 valence electrons. The van der Waals surface area contributed by atoms with Gasteiger partial charge in [-0.3, -0.25) is 5.32 Å². The zero-order chi connectivity index (χ0) is 12.7. The number of anilines is 1. The normalized spacial score (nSPS) is 9.24. The highest BCUT2D eigenvalue weighted by Gasteiger charge is 2.13. The van der Waals surface area contributed by atoms with Gasteiger partial charge in [0.1, 0.15) is 6.61 Å². The van der Waals surface area contributed by atoms with Crippen LogP contribution < -0.4 is 5.32 Å². The first-order valence-corrected chi connectivity index (χ1v) is 4.91. The second-order valence-electron chi connectivity index (χ2n) is 3.05. The van der Waals surface area contributed by atoms with E-state index in [1.807, 2.05) is 0 Å². The van der Waals surface area contributed by atoms with Gasteiger partial charge in [0.05, 0.1) is 18.4 Å². The highest BCUT2D eigenvalue weighted by atomic mass is 16.5. The first kappa shape index (κ1) is 12.8. The Morgan fingerprint density at radius 3 is 2.76 bits per heavy atom. The van der Waals surface area contributed by atoms with Crippen molar-refractivity contribution in [1.82, 2.24) is 0 Å². The molecule has 1 rings (SSSR count). The molecular formula is C12H13NO4. The molecule has 1 amide bonds. The van der Waals surface area contributed by atoms with Crippen molar-refractivity contribution in [3.63, 3.8) is 0 Å². The molecule has 17 heavy (non-hydrogen) atoms. The van der Waals surface area contributed by atoms with Crippen LogP contribution in [0.5, 0.6) is 0 Å². The van der Waals surface area contributed by atoms with Gasteiger partial charge in [0.15, 0.2) is 0 Å². The molecule has 0 saturated heterocycles. The van der Waals surface area contributed by atoms with Gasteiger partial charge in [-0.2, -0.15) is 0 Å². The van der Waals surface area contributed by atoms with Gasteiger partial charge in [-0.15, -0.1) is 0 Å². The van der Waals surface area contributed by atoms with Crippen LogP contribution in [0.25, 0.3) is 0 Å². The summed E-state index contributed by atoms with van der Waals surface area (Å²) in [5, 5.41) is 2.43. The maximum atomic E-state index is 11.6. The summed E-state index contributed by atoms with van der Waals surface area (Å²) in [6, 6.07) is 6.50. The third kappa shape index (κ3) is 3.64. The van der Waals surface area contributed by atoms with Gasteiger partial charge >= 0.3 is 12.1 Å². The molecule has 5 heteroatoms. The van der Waals surface area contributed by atoms with Crippen molar-refractivity contribution >= 4 is 17.7 Å². The van der Waals surface area contributed by atoms with E-state index in [1.165, 1.54) is 13.2 Å². The van der Waals surface area contributed by atoms with Crippen molar-refractivity contribution in [2.75, 3.05) is 19.0 Å². The molecule has 0 bridgehead atoms. The van der Waals surface area contributed by atoms with Crippen molar-refractivity contribution in [3.8, 4) is 0 Å². The second kappa shape index (κ2) is 6.32. The molecule has 0 fully saturated rings. The van der Waals surface area contributed by atoms with Crippen molar-refractivity contribution in [3.05, 3.63) is 42.5 Å². The Balaban J connectivity index is 2.87. The number of rotatable bonds is 4. The molecule has 0 aliphatic rings. The van der Waals surface area contributed by atoms with Crippen LogP contribution >= 0.6 is 0 Å². The zero-order valence-corrected chi connectivity index (χ0v) is 9.43. The number of carbonyl (C=O) groups is 2. The summed E-state index contributed by atoms with van der Waals surface area (Å²) in [6.07, 6.45) is 0.822. The van der Waals surface area contributed by atoms with Gasteiger partial charge in [0, 0.05) is 0 Å². The van der Waals surface area contributed by atoms with Crippen molar-refractivity contribution in [2.45, 2.75) is 0 Å². The van der Waals surface area contributed by atoms with Crippen LogP contribution in [0.4, 0.5) is 10.5 Å². The van der Waals surface area contributed by atoms with E-state index in [4.69, 9.17) is 4.74 Å². The molecule has 1 aromatic carbocycles. The van der Waals surface area contributed by atoms with Crippen LogP contribution in [-0.4, -0.2) is 25.8 Å². The molecule has 0 aliphatic heterocycles. The minimum Gasteiger partial charge on any atom is -0.458 e. The van der Waals surface area contributed by atoms with Gasteiger partial charge < -0.3 is 9.47 Å². The molecular weight excluding hydrogens is 222 g/mol. The zero-order valence-electron chi connectivity index (χ0n) is 9.43. The number of carbonyl (C=O) groups excluding carboxylic acids is 2. The number of esters is 1. The molecule has 0 atom stereocenters. The van der Waals surface area contributed by atoms with Gasteiger partial charge in [0.25, 0.3) is 0 Å². The lowest BCUT2D eigenvalue weighted by molar-refractivity contribution is 0.0551. The third-order valence-electron chi connectivity index (χ3n) is 1.90. The molecule has 0 aromatic heterocycles. The first-order valence-electron chi connectivity index (χ1n) is 4.91. The highest BCUT2D eigenvalue weighted by Crippen LogP contribution is 2.16. The monoisotopic (exact) mass is 235 g/mol. The van der Waals surface area contributed by atoms with E-state index in [9.17, 15) is 9.59 Å². The lowest BCUT2D eigenvalue weighted by Crippen LogP contribution is -2.15. The minimum absolute atomic E-state index is 0.116. The molecule has 0 saturated carbocycles. The highest BCUT2D eigenvalue weighted by molar-refractivity contribution is 5.99. The SMILES string of the molecule is C=CCOC(=O)c1ccccc1NC(=O)OC. The Hall–Kier alpha value is -2.30. The third-order valence-corrected chi connectivity index (χ3v) is 1.90. The maximum Gasteiger partial charge on any atom is 0.411 e. The van der Waals surface area contributed by atoms with Gasteiger partial charge in [-0.05, 0) is 12.1 Å². The van der Waals surface area contributed by atoms with E-state index >= 15 is 0 Å². The number of hydrogen-bond donors (Lipinski definition) is 1. The Bertz CT molecular complexity index is 428. The molecule has 1 N–H and O–H groups in total. The second-order valence-corrected chi connectivity index (χ2v) is 3.05. The number of benzene rings is 1. The van der Waals surface area contributed by atoms with Crippen LogP contribution in [0.15, 0.2) is 36.9 Å². The fourth-order valence-electron chi connectivity index (χ4n) is 1.14. The number of nitrogens with one attached hydrogen (secondary N) is 1. The van der Waals surface area contributed by atoms with Gasteiger partial charge in [-0.1, -0.05) is 24.8 Å². The number of methoxy groups -OCH3 is 1. The van der Waals surface area contributed by atoms with Gasteiger partial charge in [-0.25, -0.2) is 9.59 Å². The number of ether oxygens (including phenoxy) is 2. The standard InChI is InChI=1S/C12H13NO4/c1-3-8-17-11(14)9-6-4-5-7-10(9)13-12(15)16-2/h3-7H,1,8H2,2H3,(H,13,15). The Kier molecular flexibility index (Phi) is 4.75. The predicted molar refractivity (Wildman–Crippen MR) is 62.9 cm³/mol. The molecule has 0 radical (unpaired) electrons. The minimum atomic E-state index is -0.644. The first-order chi connectivity index (χ1) is 8.19. The van der Waals surface area contributed by atoms with Gasteiger partial charge in [0.2, 0.25) is 0 Å². The number of hydrogen-bond acceptors (Lipinski definition) is 4.